The third-order valence-electron chi connectivity index (χ3n) is 6.01. The lowest BCUT2D eigenvalue weighted by molar-refractivity contribution is -0.123. The van der Waals surface area contributed by atoms with E-state index in [4.69, 9.17) is 16.3 Å². The SMILES string of the molecule is COc1ccc(S(=O)(=O)c2ccc(CNC(=O)C3CC4CNCCC4N3)cc2)c(Cl)c1. The number of hydrogen-bond donors (Lipinski definition) is 3. The molecule has 9 heteroatoms. The summed E-state index contributed by atoms with van der Waals surface area (Å²) >= 11 is 6.15. The molecule has 4 rings (SSSR count). The highest BCUT2D eigenvalue weighted by atomic mass is 35.5. The van der Waals surface area contributed by atoms with Gasteiger partial charge in [0.05, 0.1) is 28.0 Å². The van der Waals surface area contributed by atoms with Crippen LogP contribution in [0.2, 0.25) is 5.02 Å². The molecular formula is C22H26ClN3O4S. The number of ether oxygens (including phenoxy) is 1. The topological polar surface area (TPSA) is 96.5 Å². The van der Waals surface area contributed by atoms with Gasteiger partial charge in [0.1, 0.15) is 5.75 Å². The summed E-state index contributed by atoms with van der Waals surface area (Å²) in [7, 11) is -2.27. The Morgan fingerprint density at radius 1 is 1.23 bits per heavy atom. The van der Waals surface area contributed by atoms with E-state index in [1.54, 1.807) is 18.2 Å². The van der Waals surface area contributed by atoms with E-state index in [9.17, 15) is 13.2 Å². The Hall–Kier alpha value is -2.13. The van der Waals surface area contributed by atoms with Crippen LogP contribution >= 0.6 is 11.6 Å². The minimum atomic E-state index is -3.76. The van der Waals surface area contributed by atoms with Gasteiger partial charge in [-0.2, -0.15) is 0 Å². The van der Waals surface area contributed by atoms with Crippen molar-refractivity contribution in [2.24, 2.45) is 5.92 Å². The van der Waals surface area contributed by atoms with Crippen molar-refractivity contribution in [3.05, 3.63) is 53.1 Å². The van der Waals surface area contributed by atoms with Crippen molar-refractivity contribution in [1.29, 1.82) is 0 Å². The molecule has 2 saturated heterocycles. The second kappa shape index (κ2) is 9.16. The molecule has 2 aromatic rings. The Bertz CT molecular complexity index is 1040. The van der Waals surface area contributed by atoms with Crippen LogP contribution in [0.3, 0.4) is 0 Å². The molecule has 0 spiro atoms. The van der Waals surface area contributed by atoms with Crippen LogP contribution < -0.4 is 20.7 Å². The first-order chi connectivity index (χ1) is 14.9. The Kier molecular flexibility index (Phi) is 6.52. The Labute approximate surface area is 187 Å². The van der Waals surface area contributed by atoms with Crippen molar-refractivity contribution in [2.45, 2.75) is 41.3 Å². The fourth-order valence-corrected chi connectivity index (χ4v) is 6.04. The van der Waals surface area contributed by atoms with Crippen LogP contribution in [0.1, 0.15) is 18.4 Å². The number of sulfone groups is 1. The van der Waals surface area contributed by atoms with Gasteiger partial charge < -0.3 is 20.7 Å². The molecule has 0 aromatic heterocycles. The van der Waals surface area contributed by atoms with Gasteiger partial charge in [0.2, 0.25) is 15.7 Å². The van der Waals surface area contributed by atoms with E-state index < -0.39 is 9.84 Å². The van der Waals surface area contributed by atoms with Crippen LogP contribution in [0, 0.1) is 5.92 Å². The maximum Gasteiger partial charge on any atom is 0.237 e. The zero-order valence-electron chi connectivity index (χ0n) is 17.2. The van der Waals surface area contributed by atoms with Crippen LogP contribution in [0.25, 0.3) is 0 Å². The molecule has 3 unspecified atom stereocenters. The van der Waals surface area contributed by atoms with Gasteiger partial charge in [-0.15, -0.1) is 0 Å². The summed E-state index contributed by atoms with van der Waals surface area (Å²) < 4.78 is 30.9. The van der Waals surface area contributed by atoms with Gasteiger partial charge in [-0.05, 0) is 61.7 Å². The summed E-state index contributed by atoms with van der Waals surface area (Å²) in [5.41, 5.74) is 0.824. The van der Waals surface area contributed by atoms with Crippen molar-refractivity contribution in [2.75, 3.05) is 20.2 Å². The highest BCUT2D eigenvalue weighted by molar-refractivity contribution is 7.91. The molecule has 31 heavy (non-hydrogen) atoms. The minimum Gasteiger partial charge on any atom is -0.497 e. The number of fused-ring (bicyclic) bond motifs is 1. The molecule has 0 saturated carbocycles. The third kappa shape index (κ3) is 4.72. The number of methoxy groups -OCH3 is 1. The summed E-state index contributed by atoms with van der Waals surface area (Å²) in [6.45, 7) is 2.28. The zero-order chi connectivity index (χ0) is 22.0. The van der Waals surface area contributed by atoms with Gasteiger partial charge in [-0.1, -0.05) is 23.7 Å². The zero-order valence-corrected chi connectivity index (χ0v) is 18.8. The van der Waals surface area contributed by atoms with Crippen LogP contribution in [-0.2, 0) is 21.2 Å². The van der Waals surface area contributed by atoms with Gasteiger partial charge >= 0.3 is 0 Å². The molecule has 7 nitrogen and oxygen atoms in total. The van der Waals surface area contributed by atoms with E-state index in [0.29, 0.717) is 24.3 Å². The van der Waals surface area contributed by atoms with E-state index in [-0.39, 0.29) is 26.8 Å². The highest BCUT2D eigenvalue weighted by Gasteiger charge is 2.38. The Morgan fingerprint density at radius 2 is 2.00 bits per heavy atom. The second-order valence-corrected chi connectivity index (χ2v) is 10.3. The molecule has 2 aliphatic heterocycles. The van der Waals surface area contributed by atoms with Crippen LogP contribution in [0.15, 0.2) is 52.3 Å². The summed E-state index contributed by atoms with van der Waals surface area (Å²) in [4.78, 5) is 12.7. The van der Waals surface area contributed by atoms with Crippen molar-refractivity contribution in [3.8, 4) is 5.75 Å². The number of halogens is 1. The van der Waals surface area contributed by atoms with Crippen LogP contribution in [0.5, 0.6) is 5.75 Å². The molecule has 0 bridgehead atoms. The summed E-state index contributed by atoms with van der Waals surface area (Å²) in [5.74, 6) is 0.970. The number of piperidine rings is 1. The predicted octanol–water partition coefficient (Wildman–Crippen LogP) is 2.14. The van der Waals surface area contributed by atoms with E-state index in [2.05, 4.69) is 16.0 Å². The standard InChI is InChI=1S/C22H26ClN3O4S/c1-30-16-4-7-21(18(23)11-16)31(28,29)17-5-2-14(3-6-17)12-25-22(27)20-10-15-13-24-9-8-19(15)26-20/h2-7,11,15,19-20,24,26H,8-10,12-13H2,1H3,(H,25,27). The lowest BCUT2D eigenvalue weighted by atomic mass is 9.94. The molecule has 2 aliphatic rings. The van der Waals surface area contributed by atoms with Gasteiger partial charge in [0, 0.05) is 18.7 Å². The number of nitrogens with one attached hydrogen (secondary N) is 3. The lowest BCUT2D eigenvalue weighted by Crippen LogP contribution is -2.45. The first-order valence-corrected chi connectivity index (χ1v) is 12.2. The average Bonchev–Trinajstić information content (AvgIpc) is 3.22. The molecular weight excluding hydrogens is 438 g/mol. The Morgan fingerprint density at radius 3 is 2.68 bits per heavy atom. The Balaban J connectivity index is 1.38. The highest BCUT2D eigenvalue weighted by Crippen LogP contribution is 2.31. The number of amides is 1. The first kappa shape index (κ1) is 22.1. The minimum absolute atomic E-state index is 0.0175. The number of benzene rings is 2. The van der Waals surface area contributed by atoms with E-state index in [1.807, 2.05) is 0 Å². The maximum atomic E-state index is 12.9. The average molecular weight is 464 g/mol. The molecule has 2 aromatic carbocycles. The fourth-order valence-electron chi connectivity index (χ4n) is 4.25. The molecule has 0 aliphatic carbocycles. The van der Waals surface area contributed by atoms with Crippen molar-refractivity contribution < 1.29 is 17.9 Å². The molecule has 3 N–H and O–H groups in total. The summed E-state index contributed by atoms with van der Waals surface area (Å²) in [6, 6.07) is 11.2. The molecule has 0 radical (unpaired) electrons. The number of carbonyl (C=O) groups is 1. The number of carbonyl (C=O) groups excluding carboxylic acids is 1. The smallest absolute Gasteiger partial charge is 0.237 e. The first-order valence-electron chi connectivity index (χ1n) is 10.3. The van der Waals surface area contributed by atoms with Crippen molar-refractivity contribution >= 4 is 27.3 Å². The fraction of sp³-hybridized carbons (Fsp3) is 0.409. The number of rotatable bonds is 6. The normalized spacial score (nSPS) is 23.2. The third-order valence-corrected chi connectivity index (χ3v) is 8.26. The monoisotopic (exact) mass is 463 g/mol. The number of hydrogen-bond acceptors (Lipinski definition) is 6. The predicted molar refractivity (Wildman–Crippen MR) is 118 cm³/mol. The second-order valence-electron chi connectivity index (χ2n) is 7.98. The summed E-state index contributed by atoms with van der Waals surface area (Å²) in [6.07, 6.45) is 1.88. The molecule has 166 valence electrons. The maximum absolute atomic E-state index is 12.9. The molecule has 2 heterocycles. The molecule has 1 amide bonds. The molecule has 3 atom stereocenters. The molecule has 2 fully saturated rings. The van der Waals surface area contributed by atoms with Gasteiger partial charge in [-0.25, -0.2) is 8.42 Å². The lowest BCUT2D eigenvalue weighted by Gasteiger charge is -2.25. The van der Waals surface area contributed by atoms with Gasteiger partial charge in [-0.3, -0.25) is 4.79 Å². The largest absolute Gasteiger partial charge is 0.497 e. The van der Waals surface area contributed by atoms with Crippen molar-refractivity contribution in [3.63, 3.8) is 0 Å². The van der Waals surface area contributed by atoms with E-state index in [0.717, 1.165) is 31.5 Å². The van der Waals surface area contributed by atoms with E-state index in [1.165, 1.54) is 31.4 Å². The van der Waals surface area contributed by atoms with E-state index >= 15 is 0 Å². The van der Waals surface area contributed by atoms with Crippen LogP contribution in [0.4, 0.5) is 0 Å². The van der Waals surface area contributed by atoms with Gasteiger partial charge in [0.25, 0.3) is 0 Å². The van der Waals surface area contributed by atoms with Gasteiger partial charge in [0.15, 0.2) is 0 Å². The van der Waals surface area contributed by atoms with Crippen molar-refractivity contribution in [1.82, 2.24) is 16.0 Å². The van der Waals surface area contributed by atoms with Crippen LogP contribution in [-0.4, -0.2) is 46.6 Å². The quantitative estimate of drug-likeness (QED) is 0.607. The summed E-state index contributed by atoms with van der Waals surface area (Å²) in [5, 5.41) is 9.88.